The first kappa shape index (κ1) is 12.2. The SMILES string of the molecule is CC(C)c1ccc(Br)cc1C(C)C(=O)O. The van der Waals surface area contributed by atoms with E-state index in [1.807, 2.05) is 18.2 Å². The normalized spacial score (nSPS) is 12.9. The Morgan fingerprint density at radius 2 is 1.87 bits per heavy atom. The minimum absolute atomic E-state index is 0.342. The average molecular weight is 271 g/mol. The summed E-state index contributed by atoms with van der Waals surface area (Å²) in [6, 6.07) is 5.84. The first-order chi connectivity index (χ1) is 6.93. The summed E-state index contributed by atoms with van der Waals surface area (Å²) < 4.78 is 0.926. The number of rotatable bonds is 3. The van der Waals surface area contributed by atoms with Crippen LogP contribution in [0.25, 0.3) is 0 Å². The minimum atomic E-state index is -0.782. The second kappa shape index (κ2) is 4.79. The summed E-state index contributed by atoms with van der Waals surface area (Å²) in [5.41, 5.74) is 2.00. The third kappa shape index (κ3) is 2.81. The van der Waals surface area contributed by atoms with Crippen molar-refractivity contribution in [3.8, 4) is 0 Å². The summed E-state index contributed by atoms with van der Waals surface area (Å²) in [7, 11) is 0. The standard InChI is InChI=1S/C12H15BrO2/c1-7(2)10-5-4-9(13)6-11(10)8(3)12(14)15/h4-8H,1-3H3,(H,14,15). The van der Waals surface area contributed by atoms with Crippen LogP contribution < -0.4 is 0 Å². The van der Waals surface area contributed by atoms with Gasteiger partial charge in [0.25, 0.3) is 0 Å². The number of carboxylic acid groups (broad SMARTS) is 1. The van der Waals surface area contributed by atoms with Gasteiger partial charge in [-0.05, 0) is 36.1 Å². The van der Waals surface area contributed by atoms with E-state index in [1.165, 1.54) is 0 Å². The van der Waals surface area contributed by atoms with Gasteiger partial charge in [-0.15, -0.1) is 0 Å². The lowest BCUT2D eigenvalue weighted by molar-refractivity contribution is -0.138. The van der Waals surface area contributed by atoms with Crippen LogP contribution >= 0.6 is 15.9 Å². The molecule has 0 heterocycles. The fourth-order valence-corrected chi connectivity index (χ4v) is 1.96. The van der Waals surface area contributed by atoms with Crippen LogP contribution in [0.3, 0.4) is 0 Å². The quantitative estimate of drug-likeness (QED) is 0.908. The highest BCUT2D eigenvalue weighted by Crippen LogP contribution is 2.29. The number of hydrogen-bond donors (Lipinski definition) is 1. The van der Waals surface area contributed by atoms with Gasteiger partial charge in [-0.3, -0.25) is 4.79 Å². The van der Waals surface area contributed by atoms with Crippen LogP contribution in [-0.4, -0.2) is 11.1 Å². The predicted octanol–water partition coefficient (Wildman–Crippen LogP) is 3.76. The third-order valence-corrected chi connectivity index (χ3v) is 3.00. The molecule has 1 aromatic rings. The molecule has 0 aliphatic rings. The first-order valence-corrected chi connectivity index (χ1v) is 5.75. The summed E-state index contributed by atoms with van der Waals surface area (Å²) in [4.78, 5) is 11.0. The van der Waals surface area contributed by atoms with Gasteiger partial charge in [-0.25, -0.2) is 0 Å². The highest BCUT2D eigenvalue weighted by Gasteiger charge is 2.18. The number of carboxylic acids is 1. The van der Waals surface area contributed by atoms with Crippen molar-refractivity contribution in [1.29, 1.82) is 0 Å². The van der Waals surface area contributed by atoms with Crippen molar-refractivity contribution in [3.63, 3.8) is 0 Å². The van der Waals surface area contributed by atoms with E-state index in [1.54, 1.807) is 6.92 Å². The second-order valence-corrected chi connectivity index (χ2v) is 4.90. The molecule has 0 spiro atoms. The molecule has 0 bridgehead atoms. The molecular weight excluding hydrogens is 256 g/mol. The van der Waals surface area contributed by atoms with Crippen molar-refractivity contribution in [2.45, 2.75) is 32.6 Å². The molecule has 82 valence electrons. The number of aliphatic carboxylic acids is 1. The number of halogens is 1. The summed E-state index contributed by atoms with van der Waals surface area (Å²) in [5, 5.41) is 9.02. The lowest BCUT2D eigenvalue weighted by atomic mass is 9.90. The van der Waals surface area contributed by atoms with Gasteiger partial charge in [-0.2, -0.15) is 0 Å². The van der Waals surface area contributed by atoms with Crippen LogP contribution in [0.4, 0.5) is 0 Å². The summed E-state index contributed by atoms with van der Waals surface area (Å²) in [6.07, 6.45) is 0. The minimum Gasteiger partial charge on any atom is -0.481 e. The highest BCUT2D eigenvalue weighted by molar-refractivity contribution is 9.10. The van der Waals surface area contributed by atoms with Gasteiger partial charge >= 0.3 is 5.97 Å². The molecule has 1 aromatic carbocycles. The molecule has 0 aliphatic carbocycles. The van der Waals surface area contributed by atoms with Crippen molar-refractivity contribution < 1.29 is 9.90 Å². The Morgan fingerprint density at radius 3 is 2.33 bits per heavy atom. The second-order valence-electron chi connectivity index (χ2n) is 3.99. The summed E-state index contributed by atoms with van der Waals surface area (Å²) in [5.74, 6) is -0.898. The topological polar surface area (TPSA) is 37.3 Å². The maximum atomic E-state index is 11.0. The predicted molar refractivity (Wildman–Crippen MR) is 64.3 cm³/mol. The fourth-order valence-electron chi connectivity index (χ4n) is 1.58. The van der Waals surface area contributed by atoms with Crippen LogP contribution in [0.2, 0.25) is 0 Å². The van der Waals surface area contributed by atoms with E-state index in [0.717, 1.165) is 15.6 Å². The summed E-state index contributed by atoms with van der Waals surface area (Å²) >= 11 is 3.37. The summed E-state index contributed by atoms with van der Waals surface area (Å²) in [6.45, 7) is 5.86. The zero-order valence-corrected chi connectivity index (χ0v) is 10.7. The van der Waals surface area contributed by atoms with Crippen LogP contribution in [0.5, 0.6) is 0 Å². The van der Waals surface area contributed by atoms with Gasteiger partial charge in [0.1, 0.15) is 0 Å². The van der Waals surface area contributed by atoms with E-state index in [9.17, 15) is 4.79 Å². The lowest BCUT2D eigenvalue weighted by Gasteiger charge is -2.16. The molecule has 15 heavy (non-hydrogen) atoms. The van der Waals surface area contributed by atoms with Crippen LogP contribution in [-0.2, 0) is 4.79 Å². The molecule has 0 aliphatic heterocycles. The Balaban J connectivity index is 3.24. The fraction of sp³-hybridized carbons (Fsp3) is 0.417. The number of benzene rings is 1. The smallest absolute Gasteiger partial charge is 0.310 e. The maximum absolute atomic E-state index is 11.0. The van der Waals surface area contributed by atoms with Crippen molar-refractivity contribution in [2.75, 3.05) is 0 Å². The molecule has 2 nitrogen and oxygen atoms in total. The Kier molecular flexibility index (Phi) is 3.91. The van der Waals surface area contributed by atoms with E-state index in [-0.39, 0.29) is 0 Å². The molecule has 3 heteroatoms. The molecule has 1 unspecified atom stereocenters. The number of carbonyl (C=O) groups is 1. The Bertz CT molecular complexity index is 372. The lowest BCUT2D eigenvalue weighted by Crippen LogP contribution is -2.10. The molecule has 0 aromatic heterocycles. The van der Waals surface area contributed by atoms with E-state index in [2.05, 4.69) is 29.8 Å². The van der Waals surface area contributed by atoms with Crippen LogP contribution in [0.1, 0.15) is 43.7 Å². The van der Waals surface area contributed by atoms with E-state index in [0.29, 0.717) is 5.92 Å². The molecule has 0 radical (unpaired) electrons. The first-order valence-electron chi connectivity index (χ1n) is 4.95. The van der Waals surface area contributed by atoms with Gasteiger partial charge in [0, 0.05) is 4.47 Å². The largest absolute Gasteiger partial charge is 0.481 e. The molecule has 1 rings (SSSR count). The van der Waals surface area contributed by atoms with Crippen molar-refractivity contribution >= 4 is 21.9 Å². The van der Waals surface area contributed by atoms with Gasteiger partial charge < -0.3 is 5.11 Å². The molecule has 0 fully saturated rings. The zero-order valence-electron chi connectivity index (χ0n) is 9.12. The monoisotopic (exact) mass is 270 g/mol. The third-order valence-electron chi connectivity index (χ3n) is 2.51. The van der Waals surface area contributed by atoms with E-state index < -0.39 is 11.9 Å². The van der Waals surface area contributed by atoms with Gasteiger partial charge in [0.2, 0.25) is 0 Å². The highest BCUT2D eigenvalue weighted by atomic mass is 79.9. The van der Waals surface area contributed by atoms with E-state index in [4.69, 9.17) is 5.11 Å². The molecule has 0 saturated heterocycles. The average Bonchev–Trinajstić information content (AvgIpc) is 2.15. The molecule has 0 saturated carbocycles. The van der Waals surface area contributed by atoms with Gasteiger partial charge in [0.15, 0.2) is 0 Å². The molecule has 1 atom stereocenters. The van der Waals surface area contributed by atoms with Crippen molar-refractivity contribution in [2.24, 2.45) is 0 Å². The Labute approximate surface area is 98.4 Å². The number of hydrogen-bond acceptors (Lipinski definition) is 1. The van der Waals surface area contributed by atoms with Crippen molar-refractivity contribution in [3.05, 3.63) is 33.8 Å². The molecular formula is C12H15BrO2. The Hall–Kier alpha value is -0.830. The molecule has 0 amide bonds. The van der Waals surface area contributed by atoms with Crippen LogP contribution in [0.15, 0.2) is 22.7 Å². The van der Waals surface area contributed by atoms with Gasteiger partial charge in [-0.1, -0.05) is 35.8 Å². The van der Waals surface area contributed by atoms with Crippen molar-refractivity contribution in [1.82, 2.24) is 0 Å². The Morgan fingerprint density at radius 1 is 1.27 bits per heavy atom. The van der Waals surface area contributed by atoms with Crippen LogP contribution in [0, 0.1) is 0 Å². The van der Waals surface area contributed by atoms with E-state index >= 15 is 0 Å². The maximum Gasteiger partial charge on any atom is 0.310 e. The van der Waals surface area contributed by atoms with Gasteiger partial charge in [0.05, 0.1) is 5.92 Å². The molecule has 1 N–H and O–H groups in total. The zero-order chi connectivity index (χ0) is 11.6.